The first-order valence-electron chi connectivity index (χ1n) is 6.93. The van der Waals surface area contributed by atoms with E-state index in [1.807, 2.05) is 6.92 Å². The Labute approximate surface area is 109 Å². The molecule has 18 heavy (non-hydrogen) atoms. The lowest BCUT2D eigenvalue weighted by Gasteiger charge is -2.31. The van der Waals surface area contributed by atoms with Gasteiger partial charge in [-0.3, -0.25) is 4.79 Å². The van der Waals surface area contributed by atoms with E-state index in [0.717, 1.165) is 24.8 Å². The number of Topliss-reactive ketones (excluding diaryl/α,β-unsaturated/α-hetero) is 1. The summed E-state index contributed by atoms with van der Waals surface area (Å²) in [7, 11) is 0. The van der Waals surface area contributed by atoms with Crippen molar-refractivity contribution < 1.29 is 15.0 Å². The Morgan fingerprint density at radius 1 is 1.33 bits per heavy atom. The van der Waals surface area contributed by atoms with Gasteiger partial charge >= 0.3 is 0 Å². The van der Waals surface area contributed by atoms with E-state index >= 15 is 0 Å². The van der Waals surface area contributed by atoms with Gasteiger partial charge in [-0.25, -0.2) is 0 Å². The number of fused-ring (bicyclic) bond motifs is 1. The fraction of sp³-hybridized carbons (Fsp3) is 0.800. The lowest BCUT2D eigenvalue weighted by Crippen LogP contribution is -2.38. The van der Waals surface area contributed by atoms with Crippen LogP contribution in [0.3, 0.4) is 0 Å². The van der Waals surface area contributed by atoms with Crippen LogP contribution in [0.1, 0.15) is 46.5 Å². The summed E-state index contributed by atoms with van der Waals surface area (Å²) in [5.41, 5.74) is 1.12. The van der Waals surface area contributed by atoms with E-state index in [1.165, 1.54) is 5.57 Å². The van der Waals surface area contributed by atoms with Crippen molar-refractivity contribution in [2.24, 2.45) is 17.8 Å². The zero-order valence-corrected chi connectivity index (χ0v) is 11.6. The Kier molecular flexibility index (Phi) is 3.65. The second-order valence-corrected chi connectivity index (χ2v) is 6.36. The predicted molar refractivity (Wildman–Crippen MR) is 70.0 cm³/mol. The van der Waals surface area contributed by atoms with Crippen LogP contribution in [0.15, 0.2) is 11.1 Å². The van der Waals surface area contributed by atoms with Crippen molar-refractivity contribution in [3.05, 3.63) is 11.1 Å². The summed E-state index contributed by atoms with van der Waals surface area (Å²) in [4.78, 5) is 11.9. The van der Waals surface area contributed by atoms with Crippen LogP contribution in [-0.4, -0.2) is 28.2 Å². The second-order valence-electron chi connectivity index (χ2n) is 6.36. The minimum Gasteiger partial charge on any atom is -0.393 e. The maximum atomic E-state index is 11.9. The highest BCUT2D eigenvalue weighted by Gasteiger charge is 2.41. The van der Waals surface area contributed by atoms with Crippen molar-refractivity contribution >= 4 is 5.78 Å². The first-order chi connectivity index (χ1) is 8.36. The van der Waals surface area contributed by atoms with Crippen molar-refractivity contribution in [3.8, 4) is 0 Å². The van der Waals surface area contributed by atoms with Crippen LogP contribution in [0.2, 0.25) is 0 Å². The quantitative estimate of drug-likeness (QED) is 0.791. The van der Waals surface area contributed by atoms with Gasteiger partial charge in [0.05, 0.1) is 12.2 Å². The predicted octanol–water partition coefficient (Wildman–Crippen LogP) is 2.07. The van der Waals surface area contributed by atoms with Gasteiger partial charge in [0.25, 0.3) is 0 Å². The van der Waals surface area contributed by atoms with Crippen molar-refractivity contribution in [1.29, 1.82) is 0 Å². The molecule has 0 aliphatic heterocycles. The average Bonchev–Trinajstić information content (AvgIpc) is 2.50. The Morgan fingerprint density at radius 2 is 2.00 bits per heavy atom. The summed E-state index contributed by atoms with van der Waals surface area (Å²) in [6.45, 7) is 5.61. The van der Waals surface area contributed by atoms with Gasteiger partial charge in [-0.2, -0.15) is 0 Å². The second kappa shape index (κ2) is 4.78. The highest BCUT2D eigenvalue weighted by molar-refractivity contribution is 5.98. The summed E-state index contributed by atoms with van der Waals surface area (Å²) >= 11 is 0. The number of aliphatic hydroxyl groups is 2. The molecule has 0 unspecified atom stereocenters. The van der Waals surface area contributed by atoms with Gasteiger partial charge in [0, 0.05) is 6.42 Å². The smallest absolute Gasteiger partial charge is 0.159 e. The van der Waals surface area contributed by atoms with Gasteiger partial charge in [0.15, 0.2) is 5.78 Å². The molecule has 0 aromatic rings. The van der Waals surface area contributed by atoms with E-state index in [1.54, 1.807) is 6.92 Å². The lowest BCUT2D eigenvalue weighted by molar-refractivity contribution is -0.115. The van der Waals surface area contributed by atoms with Crippen LogP contribution in [0.25, 0.3) is 0 Å². The van der Waals surface area contributed by atoms with Crippen molar-refractivity contribution in [2.75, 3.05) is 6.61 Å². The Bertz CT molecular complexity index is 381. The van der Waals surface area contributed by atoms with Gasteiger partial charge in [0.2, 0.25) is 0 Å². The fourth-order valence-electron chi connectivity index (χ4n) is 3.48. The first-order valence-corrected chi connectivity index (χ1v) is 6.93. The summed E-state index contributed by atoms with van der Waals surface area (Å²) in [6.07, 6.45) is 3.36. The number of rotatable bonds is 2. The van der Waals surface area contributed by atoms with Crippen LogP contribution in [0.4, 0.5) is 0 Å². The van der Waals surface area contributed by atoms with Crippen LogP contribution in [0.5, 0.6) is 0 Å². The number of carbonyl (C=O) groups is 1. The zero-order valence-electron chi connectivity index (χ0n) is 11.6. The molecule has 0 spiro atoms. The molecule has 1 fully saturated rings. The molecule has 2 aliphatic rings. The van der Waals surface area contributed by atoms with Gasteiger partial charge in [-0.05, 0) is 56.4 Å². The molecule has 2 aliphatic carbocycles. The SMILES string of the molecule is CC1=C2C[C@H]([C@@](C)(O)CO)CC[C@H](C)[C@@H]2CC1=O. The van der Waals surface area contributed by atoms with Crippen molar-refractivity contribution in [3.63, 3.8) is 0 Å². The standard InChI is InChI=1S/C15H24O3/c1-9-4-5-11(15(3,18)8-16)6-13-10(2)14(17)7-12(9)13/h9,11-12,16,18H,4-8H2,1-3H3/t9-,11+,12-,15-/m0/s1. The third-order valence-electron chi connectivity index (χ3n) is 5.08. The summed E-state index contributed by atoms with van der Waals surface area (Å²) in [5, 5.41) is 19.6. The van der Waals surface area contributed by atoms with E-state index in [9.17, 15) is 15.0 Å². The monoisotopic (exact) mass is 252 g/mol. The summed E-state index contributed by atoms with van der Waals surface area (Å²) < 4.78 is 0. The van der Waals surface area contributed by atoms with E-state index < -0.39 is 5.60 Å². The van der Waals surface area contributed by atoms with Gasteiger partial charge in [0.1, 0.15) is 0 Å². The third kappa shape index (κ3) is 2.26. The minimum atomic E-state index is -1.03. The molecule has 0 radical (unpaired) electrons. The molecule has 0 amide bonds. The normalized spacial score (nSPS) is 36.3. The highest BCUT2D eigenvalue weighted by atomic mass is 16.3. The highest BCUT2D eigenvalue weighted by Crippen LogP contribution is 2.45. The molecule has 2 N–H and O–H groups in total. The van der Waals surface area contributed by atoms with Crippen LogP contribution in [-0.2, 0) is 4.79 Å². The Morgan fingerprint density at radius 3 is 2.61 bits per heavy atom. The molecular formula is C15H24O3. The van der Waals surface area contributed by atoms with Crippen LogP contribution in [0, 0.1) is 17.8 Å². The summed E-state index contributed by atoms with van der Waals surface area (Å²) in [6, 6.07) is 0. The fourth-order valence-corrected chi connectivity index (χ4v) is 3.48. The maximum absolute atomic E-state index is 11.9. The van der Waals surface area contributed by atoms with Crippen molar-refractivity contribution in [1.82, 2.24) is 0 Å². The largest absolute Gasteiger partial charge is 0.393 e. The van der Waals surface area contributed by atoms with E-state index in [-0.39, 0.29) is 18.3 Å². The molecule has 0 aromatic carbocycles. The number of hydrogen-bond donors (Lipinski definition) is 2. The topological polar surface area (TPSA) is 57.5 Å². The third-order valence-corrected chi connectivity index (χ3v) is 5.08. The Hall–Kier alpha value is -0.670. The maximum Gasteiger partial charge on any atom is 0.159 e. The average molecular weight is 252 g/mol. The van der Waals surface area contributed by atoms with E-state index in [2.05, 4.69) is 6.92 Å². The molecule has 3 nitrogen and oxygen atoms in total. The number of carbonyl (C=O) groups excluding carboxylic acids is 1. The molecule has 102 valence electrons. The van der Waals surface area contributed by atoms with Crippen molar-refractivity contribution in [2.45, 2.75) is 52.1 Å². The number of ketones is 1. The molecule has 0 bridgehead atoms. The lowest BCUT2D eigenvalue weighted by atomic mass is 9.82. The van der Waals surface area contributed by atoms with E-state index in [4.69, 9.17) is 0 Å². The molecule has 2 rings (SSSR count). The first kappa shape index (κ1) is 13.8. The van der Waals surface area contributed by atoms with E-state index in [0.29, 0.717) is 18.3 Å². The molecule has 3 heteroatoms. The van der Waals surface area contributed by atoms with Crippen LogP contribution >= 0.6 is 0 Å². The molecule has 1 saturated carbocycles. The molecular weight excluding hydrogens is 228 g/mol. The number of allylic oxidation sites excluding steroid dienone is 2. The van der Waals surface area contributed by atoms with Gasteiger partial charge < -0.3 is 10.2 Å². The van der Waals surface area contributed by atoms with Crippen LogP contribution < -0.4 is 0 Å². The Balaban J connectivity index is 2.29. The van der Waals surface area contributed by atoms with Gasteiger partial charge in [-0.1, -0.05) is 12.5 Å². The summed E-state index contributed by atoms with van der Waals surface area (Å²) in [5.74, 6) is 1.20. The zero-order chi connectivity index (χ0) is 13.5. The molecule has 4 atom stereocenters. The number of hydrogen-bond acceptors (Lipinski definition) is 3. The molecule has 0 saturated heterocycles. The molecule has 0 aromatic heterocycles. The minimum absolute atomic E-state index is 0.0609. The molecule has 0 heterocycles. The van der Waals surface area contributed by atoms with Gasteiger partial charge in [-0.15, -0.1) is 0 Å². The number of aliphatic hydroxyl groups excluding tert-OH is 1.